The van der Waals surface area contributed by atoms with Crippen molar-refractivity contribution in [2.45, 2.75) is 45.4 Å². The van der Waals surface area contributed by atoms with Crippen LogP contribution in [0.25, 0.3) is 0 Å². The van der Waals surface area contributed by atoms with Gasteiger partial charge in [0.1, 0.15) is 5.82 Å². The van der Waals surface area contributed by atoms with E-state index in [1.165, 1.54) is 22.0 Å². The lowest BCUT2D eigenvalue weighted by Crippen LogP contribution is -2.44. The summed E-state index contributed by atoms with van der Waals surface area (Å²) in [6.45, 7) is 5.14. The summed E-state index contributed by atoms with van der Waals surface area (Å²) in [5.41, 5.74) is 3.78. The summed E-state index contributed by atoms with van der Waals surface area (Å²) in [6.07, 6.45) is 1.22. The SMILES string of the molecule is Cc1ccc(C)c(COC2CCN(S(=O)(=O)CC(c3ccc(F)cc3)N(O)C=O)CC2)c1. The number of hydrogen-bond donors (Lipinski definition) is 1. The Morgan fingerprint density at radius 2 is 1.84 bits per heavy atom. The van der Waals surface area contributed by atoms with Crippen LogP contribution < -0.4 is 0 Å². The zero-order valence-electron chi connectivity index (χ0n) is 18.3. The van der Waals surface area contributed by atoms with E-state index in [2.05, 4.69) is 18.2 Å². The van der Waals surface area contributed by atoms with Gasteiger partial charge in [0.25, 0.3) is 0 Å². The van der Waals surface area contributed by atoms with Crippen molar-refractivity contribution in [3.63, 3.8) is 0 Å². The van der Waals surface area contributed by atoms with Gasteiger partial charge in [-0.2, -0.15) is 0 Å². The van der Waals surface area contributed by atoms with Crippen molar-refractivity contribution in [1.82, 2.24) is 9.37 Å². The number of hydroxylamine groups is 2. The number of halogens is 1. The van der Waals surface area contributed by atoms with E-state index < -0.39 is 27.6 Å². The molecule has 7 nitrogen and oxygen atoms in total. The minimum Gasteiger partial charge on any atom is -0.373 e. The number of ether oxygens (including phenoxy) is 1. The summed E-state index contributed by atoms with van der Waals surface area (Å²) in [5.74, 6) is -0.990. The fourth-order valence-electron chi connectivity index (χ4n) is 3.83. The van der Waals surface area contributed by atoms with Gasteiger partial charge in [-0.25, -0.2) is 22.2 Å². The summed E-state index contributed by atoms with van der Waals surface area (Å²) in [7, 11) is -3.78. The third kappa shape index (κ3) is 6.13. The Hall–Kier alpha value is -2.33. The number of rotatable bonds is 9. The standard InChI is InChI=1S/C23H29FN2O5S/c1-17-3-4-18(2)20(13-17)14-31-22-9-11-25(12-10-22)32(29,30)15-23(26(28)16-27)19-5-7-21(24)8-6-19/h3-8,13,16,22-23,28H,9-12,14-15H2,1-2H3. The van der Waals surface area contributed by atoms with Gasteiger partial charge in [0.2, 0.25) is 16.4 Å². The van der Waals surface area contributed by atoms with Crippen LogP contribution in [0.2, 0.25) is 0 Å². The van der Waals surface area contributed by atoms with Crippen LogP contribution in [0.5, 0.6) is 0 Å². The predicted octanol–water partition coefficient (Wildman–Crippen LogP) is 3.34. The van der Waals surface area contributed by atoms with E-state index in [1.807, 2.05) is 13.8 Å². The molecule has 1 aliphatic heterocycles. The summed E-state index contributed by atoms with van der Waals surface area (Å²) in [4.78, 5) is 11.1. The highest BCUT2D eigenvalue weighted by Crippen LogP contribution is 2.25. The first-order valence-corrected chi connectivity index (χ1v) is 12.1. The maximum absolute atomic E-state index is 13.2. The van der Waals surface area contributed by atoms with E-state index in [9.17, 15) is 22.8 Å². The zero-order valence-corrected chi connectivity index (χ0v) is 19.1. The van der Waals surface area contributed by atoms with Gasteiger partial charge in [0, 0.05) is 13.1 Å². The molecule has 9 heteroatoms. The smallest absolute Gasteiger partial charge is 0.233 e. The van der Waals surface area contributed by atoms with Crippen molar-refractivity contribution >= 4 is 16.4 Å². The lowest BCUT2D eigenvalue weighted by molar-refractivity contribution is -0.159. The Kier molecular flexibility index (Phi) is 8.00. The van der Waals surface area contributed by atoms with Crippen LogP contribution >= 0.6 is 0 Å². The van der Waals surface area contributed by atoms with Crippen LogP contribution in [0.4, 0.5) is 4.39 Å². The third-order valence-corrected chi connectivity index (χ3v) is 7.71. The number of carbonyl (C=O) groups is 1. The highest BCUT2D eigenvalue weighted by molar-refractivity contribution is 7.89. The van der Waals surface area contributed by atoms with Crippen LogP contribution in [0.15, 0.2) is 42.5 Å². The maximum atomic E-state index is 13.2. The number of amides is 1. The minimum absolute atomic E-state index is 0.0430. The molecule has 1 unspecified atom stereocenters. The molecular formula is C23H29FN2O5S. The number of nitrogens with zero attached hydrogens (tertiary/aromatic N) is 2. The zero-order chi connectivity index (χ0) is 23.3. The molecule has 1 heterocycles. The molecule has 1 saturated heterocycles. The molecule has 0 aliphatic carbocycles. The van der Waals surface area contributed by atoms with Crippen LogP contribution in [-0.4, -0.2) is 54.3 Å². The van der Waals surface area contributed by atoms with Gasteiger partial charge in [-0.3, -0.25) is 10.0 Å². The number of aryl methyl sites for hydroxylation is 2. The fraction of sp³-hybridized carbons (Fsp3) is 0.435. The second-order valence-corrected chi connectivity index (χ2v) is 10.2. The van der Waals surface area contributed by atoms with Gasteiger partial charge in [-0.1, -0.05) is 35.9 Å². The van der Waals surface area contributed by atoms with Gasteiger partial charge < -0.3 is 4.74 Å². The Labute approximate surface area is 188 Å². The van der Waals surface area contributed by atoms with E-state index in [1.54, 1.807) is 0 Å². The molecule has 174 valence electrons. The molecule has 0 bridgehead atoms. The second kappa shape index (κ2) is 10.5. The monoisotopic (exact) mass is 464 g/mol. The Morgan fingerprint density at radius 3 is 2.47 bits per heavy atom. The summed E-state index contributed by atoms with van der Waals surface area (Å²) in [6, 6.07) is 10.1. The summed E-state index contributed by atoms with van der Waals surface area (Å²) >= 11 is 0. The van der Waals surface area contributed by atoms with Crippen molar-refractivity contribution in [3.8, 4) is 0 Å². The molecule has 1 amide bonds. The number of sulfonamides is 1. The van der Waals surface area contributed by atoms with Gasteiger partial charge in [-0.05, 0) is 55.5 Å². The Morgan fingerprint density at radius 1 is 1.19 bits per heavy atom. The second-order valence-electron chi connectivity index (χ2n) is 8.17. The first-order chi connectivity index (χ1) is 15.2. The molecule has 2 aromatic carbocycles. The quantitative estimate of drug-likeness (QED) is 0.349. The molecule has 1 atom stereocenters. The minimum atomic E-state index is -3.78. The fourth-order valence-corrected chi connectivity index (χ4v) is 5.55. The van der Waals surface area contributed by atoms with Crippen molar-refractivity contribution < 1.29 is 27.5 Å². The van der Waals surface area contributed by atoms with E-state index in [0.29, 0.717) is 43.2 Å². The maximum Gasteiger partial charge on any atom is 0.233 e. The first kappa shape index (κ1) is 24.3. The van der Waals surface area contributed by atoms with E-state index >= 15 is 0 Å². The topological polar surface area (TPSA) is 87.2 Å². The molecule has 3 rings (SSSR count). The predicted molar refractivity (Wildman–Crippen MR) is 118 cm³/mol. The van der Waals surface area contributed by atoms with Crippen molar-refractivity contribution in [1.29, 1.82) is 0 Å². The summed E-state index contributed by atoms with van der Waals surface area (Å²) in [5, 5.41) is 10.2. The molecular weight excluding hydrogens is 435 g/mol. The van der Waals surface area contributed by atoms with Crippen LogP contribution in [-0.2, 0) is 26.2 Å². The molecule has 1 N–H and O–H groups in total. The number of benzene rings is 2. The average molecular weight is 465 g/mol. The average Bonchev–Trinajstić information content (AvgIpc) is 2.78. The molecule has 0 radical (unpaired) electrons. The van der Waals surface area contributed by atoms with Crippen LogP contribution in [0.1, 0.15) is 41.1 Å². The van der Waals surface area contributed by atoms with E-state index in [-0.39, 0.29) is 12.5 Å². The van der Waals surface area contributed by atoms with E-state index in [0.717, 1.165) is 23.3 Å². The van der Waals surface area contributed by atoms with Crippen molar-refractivity contribution in [3.05, 3.63) is 70.5 Å². The normalized spacial score (nSPS) is 16.6. The molecule has 0 spiro atoms. The molecule has 0 saturated carbocycles. The molecule has 2 aromatic rings. The Balaban J connectivity index is 1.60. The molecule has 1 aliphatic rings. The van der Waals surface area contributed by atoms with E-state index in [4.69, 9.17) is 4.74 Å². The third-order valence-electron chi connectivity index (χ3n) is 5.82. The van der Waals surface area contributed by atoms with Crippen LogP contribution in [0, 0.1) is 19.7 Å². The highest BCUT2D eigenvalue weighted by atomic mass is 32.2. The first-order valence-electron chi connectivity index (χ1n) is 10.5. The largest absolute Gasteiger partial charge is 0.373 e. The van der Waals surface area contributed by atoms with Crippen LogP contribution in [0.3, 0.4) is 0 Å². The number of hydrogen-bond acceptors (Lipinski definition) is 5. The molecule has 32 heavy (non-hydrogen) atoms. The van der Waals surface area contributed by atoms with Crippen molar-refractivity contribution in [2.24, 2.45) is 0 Å². The number of piperidine rings is 1. The lowest BCUT2D eigenvalue weighted by atomic mass is 10.1. The lowest BCUT2D eigenvalue weighted by Gasteiger charge is -2.33. The van der Waals surface area contributed by atoms with Gasteiger partial charge >= 0.3 is 0 Å². The van der Waals surface area contributed by atoms with Crippen molar-refractivity contribution in [2.75, 3.05) is 18.8 Å². The van der Waals surface area contributed by atoms with Gasteiger partial charge in [-0.15, -0.1) is 0 Å². The highest BCUT2D eigenvalue weighted by Gasteiger charge is 2.33. The molecule has 0 aromatic heterocycles. The van der Waals surface area contributed by atoms with Gasteiger partial charge in [0.05, 0.1) is 24.5 Å². The van der Waals surface area contributed by atoms with Gasteiger partial charge in [0.15, 0.2) is 0 Å². The number of carbonyl (C=O) groups excluding carboxylic acids is 1. The Bertz CT molecular complexity index is 1020. The summed E-state index contributed by atoms with van der Waals surface area (Å²) < 4.78 is 46.6. The molecule has 1 fully saturated rings.